The molecule has 0 aliphatic carbocycles. The molecule has 1 N–H and O–H groups in total. The van der Waals surface area contributed by atoms with Crippen LogP contribution in [0.2, 0.25) is 0 Å². The van der Waals surface area contributed by atoms with Crippen molar-refractivity contribution in [3.05, 3.63) is 29.3 Å². The van der Waals surface area contributed by atoms with E-state index in [9.17, 15) is 13.2 Å². The van der Waals surface area contributed by atoms with Crippen LogP contribution in [0.25, 0.3) is 0 Å². The Morgan fingerprint density at radius 1 is 1.33 bits per heavy atom. The van der Waals surface area contributed by atoms with Gasteiger partial charge in [-0.2, -0.15) is 0 Å². The molecule has 0 bridgehead atoms. The Morgan fingerprint density at radius 3 is 2.44 bits per heavy atom. The zero-order valence-electron chi connectivity index (χ0n) is 10.7. The van der Waals surface area contributed by atoms with Crippen LogP contribution in [-0.2, 0) is 14.8 Å². The van der Waals surface area contributed by atoms with E-state index < -0.39 is 16.0 Å². The van der Waals surface area contributed by atoms with E-state index in [4.69, 9.17) is 5.11 Å². The molecule has 0 saturated heterocycles. The number of carboxylic acids is 1. The highest BCUT2D eigenvalue weighted by molar-refractivity contribution is 7.92. The first-order valence-corrected chi connectivity index (χ1v) is 7.34. The van der Waals surface area contributed by atoms with E-state index in [-0.39, 0.29) is 13.0 Å². The van der Waals surface area contributed by atoms with Crippen molar-refractivity contribution in [3.63, 3.8) is 0 Å². The zero-order chi connectivity index (χ0) is 13.9. The molecular formula is C12H17NO4S. The fourth-order valence-corrected chi connectivity index (χ4v) is 2.65. The van der Waals surface area contributed by atoms with E-state index >= 15 is 0 Å². The molecule has 0 saturated carbocycles. The van der Waals surface area contributed by atoms with Gasteiger partial charge in [0.15, 0.2) is 0 Å². The van der Waals surface area contributed by atoms with E-state index in [0.717, 1.165) is 21.7 Å². The first-order chi connectivity index (χ1) is 8.23. The van der Waals surface area contributed by atoms with Gasteiger partial charge in [-0.25, -0.2) is 8.42 Å². The lowest BCUT2D eigenvalue weighted by atomic mass is 10.1. The molecule has 5 nitrogen and oxygen atoms in total. The average molecular weight is 271 g/mol. The van der Waals surface area contributed by atoms with E-state index in [1.54, 1.807) is 12.1 Å². The largest absolute Gasteiger partial charge is 0.481 e. The normalized spacial score (nSPS) is 11.3. The van der Waals surface area contributed by atoms with Gasteiger partial charge in [0.2, 0.25) is 10.0 Å². The summed E-state index contributed by atoms with van der Waals surface area (Å²) in [6.45, 7) is 3.65. The number of aliphatic carboxylic acids is 1. The molecular weight excluding hydrogens is 254 g/mol. The van der Waals surface area contributed by atoms with Gasteiger partial charge >= 0.3 is 5.97 Å². The molecule has 0 fully saturated rings. The van der Waals surface area contributed by atoms with Crippen LogP contribution in [0, 0.1) is 13.8 Å². The Balaban J connectivity index is 3.18. The molecule has 0 amide bonds. The van der Waals surface area contributed by atoms with Crippen LogP contribution >= 0.6 is 0 Å². The smallest absolute Gasteiger partial charge is 0.305 e. The van der Waals surface area contributed by atoms with Crippen LogP contribution in [0.5, 0.6) is 0 Å². The number of hydrogen-bond donors (Lipinski definition) is 1. The van der Waals surface area contributed by atoms with Gasteiger partial charge in [0, 0.05) is 6.54 Å². The van der Waals surface area contributed by atoms with Crippen molar-refractivity contribution in [3.8, 4) is 0 Å². The quantitative estimate of drug-likeness (QED) is 0.881. The maximum atomic E-state index is 11.7. The lowest BCUT2D eigenvalue weighted by molar-refractivity contribution is -0.136. The van der Waals surface area contributed by atoms with E-state index in [0.29, 0.717) is 5.69 Å². The Hall–Kier alpha value is -1.56. The minimum absolute atomic E-state index is 0.0571. The van der Waals surface area contributed by atoms with E-state index in [1.807, 2.05) is 19.9 Å². The Labute approximate surface area is 107 Å². The maximum absolute atomic E-state index is 11.7. The maximum Gasteiger partial charge on any atom is 0.305 e. The number of rotatable bonds is 5. The number of carboxylic acid groups (broad SMARTS) is 1. The van der Waals surface area contributed by atoms with Gasteiger partial charge in [0.1, 0.15) is 0 Å². The van der Waals surface area contributed by atoms with Gasteiger partial charge in [-0.3, -0.25) is 9.10 Å². The van der Waals surface area contributed by atoms with Gasteiger partial charge in [-0.15, -0.1) is 0 Å². The van der Waals surface area contributed by atoms with Crippen LogP contribution in [0.3, 0.4) is 0 Å². The monoisotopic (exact) mass is 271 g/mol. The van der Waals surface area contributed by atoms with Gasteiger partial charge in [0.05, 0.1) is 18.4 Å². The average Bonchev–Trinajstić information content (AvgIpc) is 2.22. The Bertz CT molecular complexity index is 551. The van der Waals surface area contributed by atoms with Crippen molar-refractivity contribution < 1.29 is 18.3 Å². The fraction of sp³-hybridized carbons (Fsp3) is 0.417. The number of benzene rings is 1. The summed E-state index contributed by atoms with van der Waals surface area (Å²) in [7, 11) is -3.48. The number of sulfonamides is 1. The Kier molecular flexibility index (Phi) is 4.34. The topological polar surface area (TPSA) is 74.7 Å². The third-order valence-corrected chi connectivity index (χ3v) is 3.95. The van der Waals surface area contributed by atoms with Crippen LogP contribution in [0.1, 0.15) is 17.5 Å². The van der Waals surface area contributed by atoms with Gasteiger partial charge in [0.25, 0.3) is 0 Å². The van der Waals surface area contributed by atoms with Gasteiger partial charge in [-0.05, 0) is 31.0 Å². The molecule has 0 radical (unpaired) electrons. The van der Waals surface area contributed by atoms with Crippen molar-refractivity contribution >= 4 is 21.7 Å². The summed E-state index contributed by atoms with van der Waals surface area (Å²) in [6, 6.07) is 5.33. The summed E-state index contributed by atoms with van der Waals surface area (Å²) < 4.78 is 24.6. The standard InChI is InChI=1S/C12H17NO4S/c1-9-5-4-6-11(10(9)2)13(18(3,16)17)8-7-12(14)15/h4-6H,7-8H2,1-3H3,(H,14,15). The molecule has 0 heterocycles. The number of carbonyl (C=O) groups is 1. The second-order valence-corrected chi connectivity index (χ2v) is 6.10. The van der Waals surface area contributed by atoms with Crippen molar-refractivity contribution in [1.29, 1.82) is 0 Å². The summed E-state index contributed by atoms with van der Waals surface area (Å²) in [5, 5.41) is 8.68. The lowest BCUT2D eigenvalue weighted by Crippen LogP contribution is -2.32. The second kappa shape index (κ2) is 5.39. The molecule has 0 spiro atoms. The third-order valence-electron chi connectivity index (χ3n) is 2.77. The summed E-state index contributed by atoms with van der Waals surface area (Å²) in [5.41, 5.74) is 2.35. The molecule has 0 aromatic heterocycles. The Morgan fingerprint density at radius 2 is 1.94 bits per heavy atom. The molecule has 1 aromatic carbocycles. The molecule has 0 unspecified atom stereocenters. The summed E-state index contributed by atoms with van der Waals surface area (Å²) in [5.74, 6) is -1.02. The molecule has 0 aliphatic heterocycles. The molecule has 6 heteroatoms. The zero-order valence-corrected chi connectivity index (χ0v) is 11.5. The SMILES string of the molecule is Cc1cccc(N(CCC(=O)O)S(C)(=O)=O)c1C. The predicted octanol–water partition coefficient (Wildman–Crippen LogP) is 1.54. The minimum Gasteiger partial charge on any atom is -0.481 e. The molecule has 0 aliphatic rings. The molecule has 1 rings (SSSR count). The molecule has 100 valence electrons. The van der Waals surface area contributed by atoms with Crippen LogP contribution in [-0.4, -0.2) is 32.3 Å². The molecule has 18 heavy (non-hydrogen) atoms. The number of hydrogen-bond acceptors (Lipinski definition) is 3. The van der Waals surface area contributed by atoms with Crippen LogP contribution in [0.15, 0.2) is 18.2 Å². The van der Waals surface area contributed by atoms with Crippen LogP contribution in [0.4, 0.5) is 5.69 Å². The van der Waals surface area contributed by atoms with E-state index in [2.05, 4.69) is 0 Å². The first kappa shape index (κ1) is 14.5. The van der Waals surface area contributed by atoms with Crippen molar-refractivity contribution in [2.24, 2.45) is 0 Å². The number of anilines is 1. The van der Waals surface area contributed by atoms with Crippen molar-refractivity contribution in [2.45, 2.75) is 20.3 Å². The van der Waals surface area contributed by atoms with Gasteiger partial charge in [-0.1, -0.05) is 12.1 Å². The lowest BCUT2D eigenvalue weighted by Gasteiger charge is -2.24. The van der Waals surface area contributed by atoms with E-state index in [1.165, 1.54) is 0 Å². The molecule has 0 atom stereocenters. The minimum atomic E-state index is -3.48. The van der Waals surface area contributed by atoms with Crippen molar-refractivity contribution in [1.82, 2.24) is 0 Å². The van der Waals surface area contributed by atoms with Gasteiger partial charge < -0.3 is 5.11 Å². The summed E-state index contributed by atoms with van der Waals surface area (Å²) >= 11 is 0. The highest BCUT2D eigenvalue weighted by atomic mass is 32.2. The summed E-state index contributed by atoms with van der Waals surface area (Å²) in [4.78, 5) is 10.6. The second-order valence-electron chi connectivity index (χ2n) is 4.20. The van der Waals surface area contributed by atoms with Crippen LogP contribution < -0.4 is 4.31 Å². The highest BCUT2D eigenvalue weighted by Crippen LogP contribution is 2.24. The first-order valence-electron chi connectivity index (χ1n) is 5.49. The molecule has 1 aromatic rings. The predicted molar refractivity (Wildman–Crippen MR) is 70.4 cm³/mol. The summed E-state index contributed by atoms with van der Waals surface area (Å²) in [6.07, 6.45) is 0.858. The van der Waals surface area contributed by atoms with Crippen molar-refractivity contribution in [2.75, 3.05) is 17.1 Å². The number of nitrogens with zero attached hydrogens (tertiary/aromatic N) is 1. The fourth-order valence-electron chi connectivity index (χ4n) is 1.67. The number of aryl methyl sites for hydroxylation is 1. The highest BCUT2D eigenvalue weighted by Gasteiger charge is 2.20. The third kappa shape index (κ3) is 3.46.